The second-order valence-electron chi connectivity index (χ2n) is 13.6. The van der Waals surface area contributed by atoms with Gasteiger partial charge in [0.25, 0.3) is 0 Å². The molecular formula is C49H30N4O. The van der Waals surface area contributed by atoms with Crippen LogP contribution in [0.4, 0.5) is 0 Å². The Hall–Kier alpha value is -7.37. The van der Waals surface area contributed by atoms with Crippen molar-refractivity contribution >= 4 is 54.5 Å². The third kappa shape index (κ3) is 4.90. The average molecular weight is 691 g/mol. The van der Waals surface area contributed by atoms with Gasteiger partial charge in [-0.3, -0.25) is 0 Å². The smallest absolute Gasteiger partial charge is 0.164 e. The van der Waals surface area contributed by atoms with Gasteiger partial charge in [-0.2, -0.15) is 0 Å². The number of fused-ring (bicyclic) bond motifs is 8. The maximum absolute atomic E-state index is 6.49. The summed E-state index contributed by atoms with van der Waals surface area (Å²) >= 11 is 0. The van der Waals surface area contributed by atoms with E-state index in [-0.39, 0.29) is 0 Å². The Labute approximate surface area is 310 Å². The zero-order chi connectivity index (χ0) is 35.6. The van der Waals surface area contributed by atoms with Crippen LogP contribution in [0.3, 0.4) is 0 Å². The fourth-order valence-corrected chi connectivity index (χ4v) is 7.86. The number of furan rings is 1. The normalized spacial score (nSPS) is 11.7. The Morgan fingerprint density at radius 3 is 1.65 bits per heavy atom. The van der Waals surface area contributed by atoms with Crippen molar-refractivity contribution in [2.45, 2.75) is 0 Å². The van der Waals surface area contributed by atoms with Gasteiger partial charge >= 0.3 is 0 Å². The molecule has 252 valence electrons. The van der Waals surface area contributed by atoms with Gasteiger partial charge in [-0.1, -0.05) is 127 Å². The first-order valence-electron chi connectivity index (χ1n) is 18.1. The molecule has 3 aromatic heterocycles. The summed E-state index contributed by atoms with van der Waals surface area (Å²) in [5, 5.41) is 7.09. The molecule has 0 aliphatic rings. The molecule has 0 saturated heterocycles. The molecule has 0 spiro atoms. The summed E-state index contributed by atoms with van der Waals surface area (Å²) in [5.41, 5.74) is 10.2. The van der Waals surface area contributed by atoms with Crippen LogP contribution >= 0.6 is 0 Å². The second-order valence-corrected chi connectivity index (χ2v) is 13.6. The molecule has 5 nitrogen and oxygen atoms in total. The molecule has 0 unspecified atom stereocenters. The highest BCUT2D eigenvalue weighted by Gasteiger charge is 2.18. The molecule has 3 heterocycles. The van der Waals surface area contributed by atoms with Crippen LogP contribution in [0.5, 0.6) is 0 Å². The van der Waals surface area contributed by atoms with E-state index in [1.807, 2.05) is 66.7 Å². The number of nitrogens with zero attached hydrogens (tertiary/aromatic N) is 4. The molecule has 8 aromatic carbocycles. The van der Waals surface area contributed by atoms with Crippen molar-refractivity contribution in [1.29, 1.82) is 0 Å². The predicted octanol–water partition coefficient (Wildman–Crippen LogP) is 12.7. The van der Waals surface area contributed by atoms with Crippen LogP contribution in [0.1, 0.15) is 0 Å². The summed E-state index contributed by atoms with van der Waals surface area (Å²) < 4.78 is 8.87. The molecule has 5 heteroatoms. The summed E-state index contributed by atoms with van der Waals surface area (Å²) in [5.74, 6) is 1.86. The van der Waals surface area contributed by atoms with Gasteiger partial charge in [-0.05, 0) is 76.5 Å². The van der Waals surface area contributed by atoms with Gasteiger partial charge in [-0.25, -0.2) is 15.0 Å². The standard InChI is InChI=1S/C49H30N4O/c1-4-13-32(14-5-1)47-50-48(33-15-6-2-7-16-33)52-49(51-47)36-20-24-39-40-28-35(23-27-44(40)54-45(39)30-36)34-22-25-42-41(29-34)46-38-19-11-10-12-31(38)21-26-43(46)53(42)37-17-8-3-9-18-37/h1-30H. The van der Waals surface area contributed by atoms with E-state index in [0.29, 0.717) is 17.5 Å². The minimum Gasteiger partial charge on any atom is -0.456 e. The molecule has 0 aliphatic carbocycles. The summed E-state index contributed by atoms with van der Waals surface area (Å²) in [4.78, 5) is 14.7. The van der Waals surface area contributed by atoms with Crippen molar-refractivity contribution in [3.05, 3.63) is 182 Å². The lowest BCUT2D eigenvalue weighted by Gasteiger charge is -2.08. The minimum atomic E-state index is 0.598. The summed E-state index contributed by atoms with van der Waals surface area (Å²) in [6, 6.07) is 63.4. The Morgan fingerprint density at radius 1 is 0.352 bits per heavy atom. The van der Waals surface area contributed by atoms with Crippen LogP contribution < -0.4 is 0 Å². The fraction of sp³-hybridized carbons (Fsp3) is 0. The first-order valence-corrected chi connectivity index (χ1v) is 18.1. The van der Waals surface area contributed by atoms with Gasteiger partial charge in [-0.15, -0.1) is 0 Å². The molecule has 11 rings (SSSR count). The van der Waals surface area contributed by atoms with E-state index >= 15 is 0 Å². The maximum Gasteiger partial charge on any atom is 0.164 e. The highest BCUT2D eigenvalue weighted by atomic mass is 16.3. The number of aromatic nitrogens is 4. The highest BCUT2D eigenvalue weighted by molar-refractivity contribution is 6.22. The number of benzene rings is 8. The zero-order valence-corrected chi connectivity index (χ0v) is 29.0. The topological polar surface area (TPSA) is 56.7 Å². The largest absolute Gasteiger partial charge is 0.456 e. The predicted molar refractivity (Wildman–Crippen MR) is 221 cm³/mol. The monoisotopic (exact) mass is 690 g/mol. The van der Waals surface area contributed by atoms with Crippen LogP contribution in [0.25, 0.3) is 105 Å². The minimum absolute atomic E-state index is 0.598. The third-order valence-electron chi connectivity index (χ3n) is 10.4. The fourth-order valence-electron chi connectivity index (χ4n) is 7.86. The molecule has 0 bridgehead atoms. The van der Waals surface area contributed by atoms with Crippen molar-refractivity contribution in [1.82, 2.24) is 19.5 Å². The first kappa shape index (κ1) is 30.3. The number of hydrogen-bond donors (Lipinski definition) is 0. The number of para-hydroxylation sites is 1. The summed E-state index contributed by atoms with van der Waals surface area (Å²) in [6.45, 7) is 0. The first-order chi connectivity index (χ1) is 26.7. The quantitative estimate of drug-likeness (QED) is 0.180. The lowest BCUT2D eigenvalue weighted by molar-refractivity contribution is 0.669. The Balaban J connectivity index is 1.04. The molecule has 0 aliphatic heterocycles. The van der Waals surface area contributed by atoms with Gasteiger partial charge in [0.2, 0.25) is 0 Å². The Bertz CT molecular complexity index is 3140. The van der Waals surface area contributed by atoms with Crippen molar-refractivity contribution in [2.24, 2.45) is 0 Å². The van der Waals surface area contributed by atoms with Gasteiger partial charge in [0.05, 0.1) is 11.0 Å². The van der Waals surface area contributed by atoms with E-state index in [4.69, 9.17) is 19.4 Å². The van der Waals surface area contributed by atoms with Crippen molar-refractivity contribution in [3.63, 3.8) is 0 Å². The van der Waals surface area contributed by atoms with Crippen molar-refractivity contribution < 1.29 is 4.42 Å². The SMILES string of the molecule is c1ccc(-c2nc(-c3ccccc3)nc(-c3ccc4c(c3)oc3ccc(-c5ccc6c(c5)c5c7ccccc7ccc5n6-c5ccccc5)cc34)n2)cc1. The summed E-state index contributed by atoms with van der Waals surface area (Å²) in [6.07, 6.45) is 0. The van der Waals surface area contributed by atoms with E-state index in [0.717, 1.165) is 55.4 Å². The van der Waals surface area contributed by atoms with Crippen LogP contribution in [0, 0.1) is 0 Å². The molecular weight excluding hydrogens is 661 g/mol. The Kier molecular flexibility index (Phi) is 6.79. The number of rotatable bonds is 5. The van der Waals surface area contributed by atoms with Crippen LogP contribution in [-0.2, 0) is 0 Å². The van der Waals surface area contributed by atoms with E-state index < -0.39 is 0 Å². The van der Waals surface area contributed by atoms with Gasteiger partial charge in [0.1, 0.15) is 11.2 Å². The molecule has 0 fully saturated rings. The molecule has 0 radical (unpaired) electrons. The van der Waals surface area contributed by atoms with Gasteiger partial charge < -0.3 is 8.98 Å². The lowest BCUT2D eigenvalue weighted by atomic mass is 9.99. The second kappa shape index (κ2) is 12.1. The van der Waals surface area contributed by atoms with Crippen LogP contribution in [-0.4, -0.2) is 19.5 Å². The molecule has 0 N–H and O–H groups in total. The third-order valence-corrected chi connectivity index (χ3v) is 10.4. The van der Waals surface area contributed by atoms with E-state index in [9.17, 15) is 0 Å². The van der Waals surface area contributed by atoms with Crippen molar-refractivity contribution in [2.75, 3.05) is 0 Å². The number of hydrogen-bond acceptors (Lipinski definition) is 4. The molecule has 54 heavy (non-hydrogen) atoms. The molecule has 0 amide bonds. The van der Waals surface area contributed by atoms with E-state index in [2.05, 4.69) is 120 Å². The highest BCUT2D eigenvalue weighted by Crippen LogP contribution is 2.40. The lowest BCUT2D eigenvalue weighted by Crippen LogP contribution is -2.00. The average Bonchev–Trinajstić information content (AvgIpc) is 3.79. The van der Waals surface area contributed by atoms with Gasteiger partial charge in [0.15, 0.2) is 17.5 Å². The van der Waals surface area contributed by atoms with Crippen LogP contribution in [0.2, 0.25) is 0 Å². The Morgan fingerprint density at radius 2 is 0.926 bits per heavy atom. The zero-order valence-electron chi connectivity index (χ0n) is 29.0. The van der Waals surface area contributed by atoms with E-state index in [1.54, 1.807) is 0 Å². The maximum atomic E-state index is 6.49. The molecule has 0 atom stereocenters. The molecule has 11 aromatic rings. The van der Waals surface area contributed by atoms with E-state index in [1.165, 1.54) is 32.6 Å². The summed E-state index contributed by atoms with van der Waals surface area (Å²) in [7, 11) is 0. The van der Waals surface area contributed by atoms with Crippen LogP contribution in [0.15, 0.2) is 186 Å². The van der Waals surface area contributed by atoms with Gasteiger partial charge in [0, 0.05) is 43.9 Å². The van der Waals surface area contributed by atoms with Crippen molar-refractivity contribution in [3.8, 4) is 51.0 Å². The molecule has 0 saturated carbocycles.